The lowest BCUT2D eigenvalue weighted by atomic mass is 9.84. The minimum atomic E-state index is -0.261. The van der Waals surface area contributed by atoms with Gasteiger partial charge >= 0.3 is 5.97 Å². The van der Waals surface area contributed by atoms with Crippen LogP contribution in [-0.2, 0) is 16.0 Å². The van der Waals surface area contributed by atoms with E-state index in [-0.39, 0.29) is 29.1 Å². The van der Waals surface area contributed by atoms with E-state index in [1.807, 2.05) is 20.8 Å². The molecule has 7 heteroatoms. The lowest BCUT2D eigenvalue weighted by molar-refractivity contribution is -0.141. The third kappa shape index (κ3) is 8.32. The Morgan fingerprint density at radius 3 is 2.38 bits per heavy atom. The molecule has 0 aliphatic heterocycles. The van der Waals surface area contributed by atoms with Crippen molar-refractivity contribution in [2.45, 2.75) is 73.3 Å². The summed E-state index contributed by atoms with van der Waals surface area (Å²) in [7, 11) is 1.39. The zero-order chi connectivity index (χ0) is 20.3. The second-order valence-corrected chi connectivity index (χ2v) is 7.34. The topological polar surface area (TPSA) is 90.1 Å². The predicted molar refractivity (Wildman–Crippen MR) is 109 cm³/mol. The number of nitrogens with two attached hydrogens (primary N) is 1. The van der Waals surface area contributed by atoms with Gasteiger partial charge in [0.1, 0.15) is 5.82 Å². The maximum absolute atomic E-state index is 11.7. The summed E-state index contributed by atoms with van der Waals surface area (Å²) in [6.07, 6.45) is 2.95. The van der Waals surface area contributed by atoms with Crippen molar-refractivity contribution in [2.75, 3.05) is 19.0 Å². The molecular formula is C19H35ClN4O2. The molecule has 1 aromatic rings. The summed E-state index contributed by atoms with van der Waals surface area (Å²) in [5, 5.41) is 3.57. The fourth-order valence-electron chi connectivity index (χ4n) is 2.34. The van der Waals surface area contributed by atoms with Crippen LogP contribution in [0.3, 0.4) is 0 Å². The number of unbranched alkanes of at least 4 members (excludes halogenated alkanes) is 1. The second-order valence-electron chi connectivity index (χ2n) is 7.00. The summed E-state index contributed by atoms with van der Waals surface area (Å²) in [6.45, 7) is 12.8. The van der Waals surface area contributed by atoms with Crippen molar-refractivity contribution in [3.05, 3.63) is 16.5 Å². The fourth-order valence-corrected chi connectivity index (χ4v) is 2.53. The number of rotatable bonds is 8. The summed E-state index contributed by atoms with van der Waals surface area (Å²) in [6, 6.07) is -0.133. The van der Waals surface area contributed by atoms with Crippen LogP contribution >= 0.6 is 11.6 Å². The number of ether oxygens (including phenoxy) is 1. The number of aryl methyl sites for hydroxylation is 1. The van der Waals surface area contributed by atoms with Crippen LogP contribution in [0.25, 0.3) is 0 Å². The summed E-state index contributed by atoms with van der Waals surface area (Å²) >= 11 is 6.09. The number of aromatic nitrogens is 2. The highest BCUT2D eigenvalue weighted by Gasteiger charge is 2.28. The van der Waals surface area contributed by atoms with Crippen LogP contribution in [0.5, 0.6) is 0 Å². The van der Waals surface area contributed by atoms with Gasteiger partial charge < -0.3 is 15.8 Å². The number of carbonyl (C=O) groups excluding carboxylic acids is 1. The number of methoxy groups -OCH3 is 1. The van der Waals surface area contributed by atoms with E-state index in [0.29, 0.717) is 12.4 Å². The average molecular weight is 387 g/mol. The summed E-state index contributed by atoms with van der Waals surface area (Å²) in [5.41, 5.74) is 7.26. The molecule has 6 nitrogen and oxygen atoms in total. The van der Waals surface area contributed by atoms with Gasteiger partial charge in [0.05, 0.1) is 19.2 Å². The summed E-state index contributed by atoms with van der Waals surface area (Å²) < 4.78 is 4.81. The molecular weight excluding hydrogens is 352 g/mol. The van der Waals surface area contributed by atoms with E-state index in [2.05, 4.69) is 36.1 Å². The molecule has 1 heterocycles. The maximum atomic E-state index is 11.7. The number of halogens is 1. The average Bonchev–Trinajstić information content (AvgIpc) is 2.59. The van der Waals surface area contributed by atoms with Crippen molar-refractivity contribution in [3.8, 4) is 0 Å². The Kier molecular flexibility index (Phi) is 11.4. The molecule has 1 atom stereocenters. The third-order valence-electron chi connectivity index (χ3n) is 4.04. The van der Waals surface area contributed by atoms with Gasteiger partial charge in [-0.3, -0.25) is 4.79 Å². The number of hydrogen-bond acceptors (Lipinski definition) is 6. The maximum Gasteiger partial charge on any atom is 0.307 e. The summed E-state index contributed by atoms with van der Waals surface area (Å²) in [5.74, 6) is 0.407. The monoisotopic (exact) mass is 386 g/mol. The van der Waals surface area contributed by atoms with Gasteiger partial charge in [-0.1, -0.05) is 34.6 Å². The molecule has 0 fully saturated rings. The molecule has 1 unspecified atom stereocenters. The number of nitrogens with zero attached hydrogens (tertiary/aromatic N) is 2. The normalized spacial score (nSPS) is 12.0. The molecule has 0 saturated heterocycles. The van der Waals surface area contributed by atoms with Gasteiger partial charge in [0.25, 0.3) is 0 Å². The highest BCUT2D eigenvalue weighted by molar-refractivity contribution is 6.28. The van der Waals surface area contributed by atoms with Gasteiger partial charge in [0, 0.05) is 11.6 Å². The number of hydrogen-bond donors (Lipinski definition) is 2. The molecule has 0 saturated carbocycles. The van der Waals surface area contributed by atoms with Gasteiger partial charge in [-0.05, 0) is 49.7 Å². The first-order chi connectivity index (χ1) is 12.2. The molecule has 0 aromatic carbocycles. The molecule has 0 aliphatic rings. The van der Waals surface area contributed by atoms with Crippen LogP contribution in [0, 0.1) is 12.3 Å². The third-order valence-corrected chi connectivity index (χ3v) is 4.21. The van der Waals surface area contributed by atoms with Crippen molar-refractivity contribution in [2.24, 2.45) is 11.1 Å². The number of esters is 1. The van der Waals surface area contributed by atoms with E-state index in [9.17, 15) is 4.79 Å². The van der Waals surface area contributed by atoms with Crippen LogP contribution in [-0.4, -0.2) is 35.6 Å². The van der Waals surface area contributed by atoms with E-state index < -0.39 is 0 Å². The first-order valence-corrected chi connectivity index (χ1v) is 9.63. The van der Waals surface area contributed by atoms with Gasteiger partial charge in [0.2, 0.25) is 5.28 Å². The number of carbonyl (C=O) groups is 1. The Hall–Kier alpha value is -1.40. The van der Waals surface area contributed by atoms with Gasteiger partial charge in [-0.15, -0.1) is 0 Å². The molecule has 1 rings (SSSR count). The first-order valence-electron chi connectivity index (χ1n) is 9.25. The van der Waals surface area contributed by atoms with E-state index >= 15 is 0 Å². The highest BCUT2D eigenvalue weighted by atomic mass is 35.5. The standard InChI is InChI=1S/C17H29ClN4O2.C2H6/c1-11-12(8-6-7-9-19)20-16(18)22-15(11)21-13(17(2,3)4)10-14(23)24-5;1-2/h13H,6-10,19H2,1-5H3,(H,20,21,22);1-2H3. The molecule has 150 valence electrons. The van der Waals surface area contributed by atoms with E-state index in [1.165, 1.54) is 7.11 Å². The molecule has 0 aliphatic carbocycles. The van der Waals surface area contributed by atoms with Gasteiger partial charge in [0.15, 0.2) is 0 Å². The Labute approximate surface area is 163 Å². The van der Waals surface area contributed by atoms with Crippen LogP contribution < -0.4 is 11.1 Å². The Bertz CT molecular complexity index is 559. The first kappa shape index (κ1) is 24.6. The summed E-state index contributed by atoms with van der Waals surface area (Å²) in [4.78, 5) is 20.4. The highest BCUT2D eigenvalue weighted by Crippen LogP contribution is 2.28. The molecule has 0 amide bonds. The second kappa shape index (κ2) is 12.1. The van der Waals surface area contributed by atoms with Crippen LogP contribution in [0.1, 0.15) is 65.1 Å². The fraction of sp³-hybridized carbons (Fsp3) is 0.737. The van der Waals surface area contributed by atoms with Gasteiger partial charge in [-0.2, -0.15) is 0 Å². The molecule has 26 heavy (non-hydrogen) atoms. The largest absolute Gasteiger partial charge is 0.469 e. The minimum Gasteiger partial charge on any atom is -0.469 e. The van der Waals surface area contributed by atoms with Gasteiger partial charge in [-0.25, -0.2) is 9.97 Å². The smallest absolute Gasteiger partial charge is 0.307 e. The minimum absolute atomic E-state index is 0.133. The van der Waals surface area contributed by atoms with Crippen molar-refractivity contribution >= 4 is 23.4 Å². The van der Waals surface area contributed by atoms with Crippen LogP contribution in [0.2, 0.25) is 5.28 Å². The molecule has 0 spiro atoms. The predicted octanol–water partition coefficient (Wildman–Crippen LogP) is 4.14. The SMILES string of the molecule is CC.COC(=O)CC(Nc1nc(Cl)nc(CCCCN)c1C)C(C)(C)C. The van der Waals surface area contributed by atoms with E-state index in [1.54, 1.807) is 0 Å². The van der Waals surface area contributed by atoms with Crippen molar-refractivity contribution in [1.82, 2.24) is 9.97 Å². The van der Waals surface area contributed by atoms with E-state index in [4.69, 9.17) is 22.1 Å². The number of anilines is 1. The Morgan fingerprint density at radius 2 is 1.88 bits per heavy atom. The zero-order valence-corrected chi connectivity index (χ0v) is 18.0. The van der Waals surface area contributed by atoms with Crippen LogP contribution in [0.4, 0.5) is 5.82 Å². The zero-order valence-electron chi connectivity index (χ0n) is 17.3. The molecule has 3 N–H and O–H groups in total. The Morgan fingerprint density at radius 1 is 1.27 bits per heavy atom. The lowest BCUT2D eigenvalue weighted by Crippen LogP contribution is -2.37. The van der Waals surface area contributed by atoms with E-state index in [0.717, 1.165) is 30.5 Å². The van der Waals surface area contributed by atoms with Crippen molar-refractivity contribution in [1.29, 1.82) is 0 Å². The lowest BCUT2D eigenvalue weighted by Gasteiger charge is -2.31. The molecule has 1 aromatic heterocycles. The van der Waals surface area contributed by atoms with Crippen molar-refractivity contribution in [3.63, 3.8) is 0 Å². The molecule has 0 radical (unpaired) electrons. The molecule has 0 bridgehead atoms. The Balaban J connectivity index is 0.00000301. The number of nitrogens with one attached hydrogen (secondary N) is 1. The quantitative estimate of drug-likeness (QED) is 0.396. The van der Waals surface area contributed by atoms with Crippen molar-refractivity contribution < 1.29 is 9.53 Å². The van der Waals surface area contributed by atoms with Crippen LogP contribution in [0.15, 0.2) is 0 Å².